The highest BCUT2D eigenvalue weighted by Gasteiger charge is 2.22. The highest BCUT2D eigenvalue weighted by Crippen LogP contribution is 2.34. The number of fused-ring (bicyclic) bond motifs is 2. The van der Waals surface area contributed by atoms with Crippen molar-refractivity contribution in [2.75, 3.05) is 11.4 Å². The van der Waals surface area contributed by atoms with E-state index >= 15 is 0 Å². The van der Waals surface area contributed by atoms with Crippen LogP contribution in [0, 0.1) is 12.7 Å². The first-order valence-corrected chi connectivity index (χ1v) is 9.71. The van der Waals surface area contributed by atoms with Crippen LogP contribution < -0.4 is 4.90 Å². The highest BCUT2D eigenvalue weighted by molar-refractivity contribution is 5.94. The molecule has 1 aliphatic rings. The average molecular weight is 371 g/mol. The van der Waals surface area contributed by atoms with Crippen molar-refractivity contribution in [3.63, 3.8) is 0 Å². The number of anilines is 1. The van der Waals surface area contributed by atoms with Crippen LogP contribution in [-0.2, 0) is 19.4 Å². The predicted octanol–water partition coefficient (Wildman–Crippen LogP) is 5.16. The molecule has 4 heteroatoms. The molecule has 0 atom stereocenters. The summed E-state index contributed by atoms with van der Waals surface area (Å²) in [5, 5.41) is 1.16. The second kappa shape index (κ2) is 6.79. The Hall–Kier alpha value is -3.14. The molecular formula is C24H22FN3. The van der Waals surface area contributed by atoms with Crippen LogP contribution in [0.4, 0.5) is 10.2 Å². The zero-order valence-corrected chi connectivity index (χ0v) is 15.9. The fraction of sp³-hybridized carbons (Fsp3) is 0.208. The number of pyridine rings is 1. The number of hydrogen-bond donors (Lipinski definition) is 1. The third-order valence-electron chi connectivity index (χ3n) is 5.71. The van der Waals surface area contributed by atoms with Crippen LogP contribution in [0.1, 0.15) is 27.9 Å². The first-order chi connectivity index (χ1) is 13.7. The molecule has 1 N–H and O–H groups in total. The lowest BCUT2D eigenvalue weighted by Gasteiger charge is -2.30. The molecule has 0 fully saturated rings. The van der Waals surface area contributed by atoms with Crippen molar-refractivity contribution in [3.8, 4) is 0 Å². The Kier molecular flexibility index (Phi) is 4.12. The van der Waals surface area contributed by atoms with Crippen LogP contribution in [0.15, 0.2) is 60.8 Å². The summed E-state index contributed by atoms with van der Waals surface area (Å²) in [5.41, 5.74) is 7.17. The molecule has 0 amide bonds. The molecule has 2 aromatic carbocycles. The standard InChI is InChI=1S/C24H22FN3/c1-16-21(14-17-5-4-8-20(25)13-17)23-22(27-16)9-11-26-24(23)28-12-10-18-6-2-3-7-19(18)15-28/h2-9,11,13,27H,10,12,14-15H2,1H3. The summed E-state index contributed by atoms with van der Waals surface area (Å²) in [6.07, 6.45) is 3.59. The summed E-state index contributed by atoms with van der Waals surface area (Å²) in [5.74, 6) is 0.823. The molecule has 0 bridgehead atoms. The molecule has 0 spiro atoms. The van der Waals surface area contributed by atoms with Crippen molar-refractivity contribution in [1.29, 1.82) is 0 Å². The predicted molar refractivity (Wildman–Crippen MR) is 111 cm³/mol. The molecule has 140 valence electrons. The van der Waals surface area contributed by atoms with Crippen molar-refractivity contribution in [2.24, 2.45) is 0 Å². The van der Waals surface area contributed by atoms with Gasteiger partial charge >= 0.3 is 0 Å². The van der Waals surface area contributed by atoms with Crippen LogP contribution >= 0.6 is 0 Å². The third-order valence-corrected chi connectivity index (χ3v) is 5.71. The molecular weight excluding hydrogens is 349 g/mol. The molecule has 0 aliphatic carbocycles. The third kappa shape index (κ3) is 2.95. The topological polar surface area (TPSA) is 31.9 Å². The van der Waals surface area contributed by atoms with Gasteiger partial charge in [-0.25, -0.2) is 9.37 Å². The van der Waals surface area contributed by atoms with E-state index in [9.17, 15) is 4.39 Å². The fourth-order valence-electron chi connectivity index (χ4n) is 4.31. The highest BCUT2D eigenvalue weighted by atomic mass is 19.1. The Bertz CT molecular complexity index is 1160. The minimum absolute atomic E-state index is 0.194. The van der Waals surface area contributed by atoms with Gasteiger partial charge in [-0.3, -0.25) is 0 Å². The van der Waals surface area contributed by atoms with E-state index in [0.29, 0.717) is 6.42 Å². The van der Waals surface area contributed by atoms with Gasteiger partial charge in [0.05, 0.1) is 5.52 Å². The monoisotopic (exact) mass is 371 g/mol. The molecule has 5 rings (SSSR count). The molecule has 0 saturated heterocycles. The van der Waals surface area contributed by atoms with Crippen molar-refractivity contribution in [2.45, 2.75) is 26.3 Å². The number of aromatic amines is 1. The quantitative estimate of drug-likeness (QED) is 0.539. The molecule has 3 nitrogen and oxygen atoms in total. The molecule has 0 radical (unpaired) electrons. The van der Waals surface area contributed by atoms with Gasteiger partial charge in [0, 0.05) is 36.8 Å². The number of nitrogens with one attached hydrogen (secondary N) is 1. The van der Waals surface area contributed by atoms with Gasteiger partial charge in [-0.05, 0) is 53.8 Å². The Morgan fingerprint density at radius 1 is 1.07 bits per heavy atom. The molecule has 3 heterocycles. The summed E-state index contributed by atoms with van der Waals surface area (Å²) in [6, 6.07) is 17.5. The molecule has 0 unspecified atom stereocenters. The number of nitrogens with zero attached hydrogens (tertiary/aromatic N) is 2. The summed E-state index contributed by atoms with van der Waals surface area (Å²) in [7, 11) is 0. The summed E-state index contributed by atoms with van der Waals surface area (Å²) in [4.78, 5) is 10.6. The van der Waals surface area contributed by atoms with E-state index < -0.39 is 0 Å². The van der Waals surface area contributed by atoms with Crippen molar-refractivity contribution >= 4 is 16.7 Å². The van der Waals surface area contributed by atoms with Crippen molar-refractivity contribution in [1.82, 2.24) is 9.97 Å². The lowest BCUT2D eigenvalue weighted by molar-refractivity contribution is 0.626. The maximum Gasteiger partial charge on any atom is 0.138 e. The van der Waals surface area contributed by atoms with Crippen LogP contribution in [0.25, 0.3) is 10.9 Å². The van der Waals surface area contributed by atoms with Crippen LogP contribution in [-0.4, -0.2) is 16.5 Å². The Balaban J connectivity index is 1.59. The number of benzene rings is 2. The first kappa shape index (κ1) is 17.0. The summed E-state index contributed by atoms with van der Waals surface area (Å²) in [6.45, 7) is 3.91. The zero-order chi connectivity index (χ0) is 19.1. The number of aryl methyl sites for hydroxylation is 1. The first-order valence-electron chi connectivity index (χ1n) is 9.71. The maximum absolute atomic E-state index is 13.7. The largest absolute Gasteiger partial charge is 0.358 e. The molecule has 4 aromatic rings. The van der Waals surface area contributed by atoms with Crippen LogP contribution in [0.5, 0.6) is 0 Å². The molecule has 28 heavy (non-hydrogen) atoms. The number of rotatable bonds is 3. The van der Waals surface area contributed by atoms with Crippen molar-refractivity contribution in [3.05, 3.63) is 94.6 Å². The number of H-pyrrole nitrogens is 1. The van der Waals surface area contributed by atoms with Crippen molar-refractivity contribution < 1.29 is 4.39 Å². The minimum atomic E-state index is -0.194. The second-order valence-electron chi connectivity index (χ2n) is 7.53. The summed E-state index contributed by atoms with van der Waals surface area (Å²) >= 11 is 0. The van der Waals surface area contributed by atoms with Gasteiger partial charge in [-0.2, -0.15) is 0 Å². The number of aromatic nitrogens is 2. The van der Waals surface area contributed by atoms with Crippen LogP contribution in [0.3, 0.4) is 0 Å². The SMILES string of the molecule is Cc1[nH]c2ccnc(N3CCc4ccccc4C3)c2c1Cc1cccc(F)c1. The van der Waals surface area contributed by atoms with Gasteiger partial charge in [0.15, 0.2) is 0 Å². The number of hydrogen-bond acceptors (Lipinski definition) is 2. The van der Waals surface area contributed by atoms with Gasteiger partial charge in [-0.15, -0.1) is 0 Å². The van der Waals surface area contributed by atoms with E-state index in [1.54, 1.807) is 12.1 Å². The van der Waals surface area contributed by atoms with E-state index in [2.05, 4.69) is 41.1 Å². The Labute approximate surface area is 163 Å². The smallest absolute Gasteiger partial charge is 0.138 e. The molecule has 0 saturated carbocycles. The fourth-order valence-corrected chi connectivity index (χ4v) is 4.31. The molecule has 1 aliphatic heterocycles. The maximum atomic E-state index is 13.7. The van der Waals surface area contributed by atoms with E-state index in [0.717, 1.165) is 47.5 Å². The Morgan fingerprint density at radius 2 is 1.93 bits per heavy atom. The van der Waals surface area contributed by atoms with Gasteiger partial charge in [0.2, 0.25) is 0 Å². The van der Waals surface area contributed by atoms with Gasteiger partial charge < -0.3 is 9.88 Å². The second-order valence-corrected chi connectivity index (χ2v) is 7.53. The van der Waals surface area contributed by atoms with Gasteiger partial charge in [-0.1, -0.05) is 36.4 Å². The van der Waals surface area contributed by atoms with Gasteiger partial charge in [0.1, 0.15) is 11.6 Å². The Morgan fingerprint density at radius 3 is 2.79 bits per heavy atom. The van der Waals surface area contributed by atoms with E-state index in [-0.39, 0.29) is 5.82 Å². The van der Waals surface area contributed by atoms with E-state index in [4.69, 9.17) is 4.98 Å². The lowest BCUT2D eigenvalue weighted by Crippen LogP contribution is -2.31. The number of halogens is 1. The average Bonchev–Trinajstić information content (AvgIpc) is 3.03. The normalized spacial score (nSPS) is 13.7. The van der Waals surface area contributed by atoms with Gasteiger partial charge in [0.25, 0.3) is 0 Å². The molecule has 2 aromatic heterocycles. The zero-order valence-electron chi connectivity index (χ0n) is 15.9. The van der Waals surface area contributed by atoms with E-state index in [1.807, 2.05) is 18.3 Å². The minimum Gasteiger partial charge on any atom is -0.358 e. The van der Waals surface area contributed by atoms with Crippen LogP contribution in [0.2, 0.25) is 0 Å². The van der Waals surface area contributed by atoms with E-state index in [1.165, 1.54) is 22.8 Å². The summed E-state index contributed by atoms with van der Waals surface area (Å²) < 4.78 is 13.7. The lowest BCUT2D eigenvalue weighted by atomic mass is 9.98.